The predicted molar refractivity (Wildman–Crippen MR) is 106 cm³/mol. The Labute approximate surface area is 174 Å². The van der Waals surface area contributed by atoms with Gasteiger partial charge in [0.15, 0.2) is 0 Å². The Hall–Kier alpha value is -3.62. The van der Waals surface area contributed by atoms with E-state index in [0.717, 1.165) is 18.3 Å². The molecule has 1 aliphatic rings. The molecule has 0 unspecified atom stereocenters. The molecule has 0 saturated carbocycles. The van der Waals surface area contributed by atoms with Crippen LogP contribution in [-0.4, -0.2) is 26.4 Å². The zero-order chi connectivity index (χ0) is 21.9. The highest BCUT2D eigenvalue weighted by atomic mass is 19.4. The fourth-order valence-electron chi connectivity index (χ4n) is 4.00. The monoisotopic (exact) mass is 428 g/mol. The van der Waals surface area contributed by atoms with E-state index >= 15 is 0 Å². The molecule has 1 aliphatic heterocycles. The number of carbonyl (C=O) groups excluding carboxylic acids is 1. The van der Waals surface area contributed by atoms with E-state index < -0.39 is 17.7 Å². The Bertz CT molecular complexity index is 1300. The summed E-state index contributed by atoms with van der Waals surface area (Å²) in [6.07, 6.45) is 0.0450. The van der Waals surface area contributed by atoms with Gasteiger partial charge in [0.2, 0.25) is 5.95 Å². The van der Waals surface area contributed by atoms with E-state index in [1.165, 1.54) is 21.4 Å². The third-order valence-corrected chi connectivity index (χ3v) is 5.56. The van der Waals surface area contributed by atoms with E-state index in [4.69, 9.17) is 0 Å². The predicted octanol–water partition coefficient (Wildman–Crippen LogP) is 5.18. The maximum atomic E-state index is 14.0. The fourth-order valence-corrected chi connectivity index (χ4v) is 4.00. The number of fused-ring (bicyclic) bond motifs is 2. The van der Waals surface area contributed by atoms with Gasteiger partial charge < -0.3 is 9.47 Å². The highest BCUT2D eigenvalue weighted by Crippen LogP contribution is 2.35. The molecule has 4 aromatic rings. The van der Waals surface area contributed by atoms with Crippen LogP contribution >= 0.6 is 0 Å². The van der Waals surface area contributed by atoms with Crippen molar-refractivity contribution < 1.29 is 22.4 Å². The molecular formula is C22H16F4N4O. The van der Waals surface area contributed by atoms with E-state index in [0.29, 0.717) is 34.7 Å². The van der Waals surface area contributed by atoms with Gasteiger partial charge in [-0.15, -0.1) is 0 Å². The number of carbonyl (C=O) groups is 1. The first-order chi connectivity index (χ1) is 14.7. The smallest absolute Gasteiger partial charge is 0.338 e. The minimum Gasteiger partial charge on any atom is -0.338 e. The Kier molecular flexibility index (Phi) is 4.18. The van der Waals surface area contributed by atoms with E-state index in [1.807, 2.05) is 11.5 Å². The third-order valence-electron chi connectivity index (χ3n) is 5.56. The van der Waals surface area contributed by atoms with Crippen LogP contribution in [0.25, 0.3) is 16.8 Å². The van der Waals surface area contributed by atoms with Crippen LogP contribution < -0.4 is 4.90 Å². The van der Waals surface area contributed by atoms with Gasteiger partial charge in [-0.05, 0) is 49.4 Å². The average molecular weight is 428 g/mol. The van der Waals surface area contributed by atoms with Gasteiger partial charge in [-0.25, -0.2) is 4.98 Å². The lowest BCUT2D eigenvalue weighted by Crippen LogP contribution is -2.42. The molecule has 0 fully saturated rings. The molecule has 0 spiro atoms. The average Bonchev–Trinajstić information content (AvgIpc) is 3.35. The molecule has 158 valence electrons. The Morgan fingerprint density at radius 2 is 1.81 bits per heavy atom. The van der Waals surface area contributed by atoms with Gasteiger partial charge in [0.25, 0.3) is 5.91 Å². The topological polar surface area (TPSA) is 42.5 Å². The summed E-state index contributed by atoms with van der Waals surface area (Å²) >= 11 is 0. The molecule has 0 aliphatic carbocycles. The maximum Gasteiger partial charge on any atom is 0.416 e. The number of hydrogen-bond donors (Lipinski definition) is 0. The van der Waals surface area contributed by atoms with Gasteiger partial charge in [0.05, 0.1) is 11.8 Å². The Morgan fingerprint density at radius 1 is 1.06 bits per heavy atom. The van der Waals surface area contributed by atoms with E-state index in [2.05, 4.69) is 4.98 Å². The number of anilines is 1. The summed E-state index contributed by atoms with van der Waals surface area (Å²) in [6.45, 7) is 2.25. The number of alkyl halides is 3. The van der Waals surface area contributed by atoms with Crippen molar-refractivity contribution in [3.05, 3.63) is 78.3 Å². The first-order valence-corrected chi connectivity index (χ1v) is 9.57. The van der Waals surface area contributed by atoms with Crippen molar-refractivity contribution in [2.45, 2.75) is 19.1 Å². The van der Waals surface area contributed by atoms with Crippen LogP contribution in [-0.2, 0) is 6.18 Å². The van der Waals surface area contributed by atoms with Crippen molar-refractivity contribution >= 4 is 17.2 Å². The zero-order valence-electron chi connectivity index (χ0n) is 16.3. The van der Waals surface area contributed by atoms with Crippen LogP contribution in [0.4, 0.5) is 23.2 Å². The van der Waals surface area contributed by atoms with Crippen molar-refractivity contribution in [2.75, 3.05) is 11.4 Å². The number of benzene rings is 1. The van der Waals surface area contributed by atoms with E-state index in [-0.39, 0.29) is 11.9 Å². The molecule has 1 amide bonds. The van der Waals surface area contributed by atoms with Crippen LogP contribution in [0, 0.1) is 5.95 Å². The molecule has 0 bridgehead atoms. The van der Waals surface area contributed by atoms with Crippen molar-refractivity contribution in [1.29, 1.82) is 0 Å². The largest absolute Gasteiger partial charge is 0.416 e. The molecule has 5 nitrogen and oxygen atoms in total. The minimum atomic E-state index is -4.44. The number of nitrogens with zero attached hydrogens (tertiary/aromatic N) is 4. The Morgan fingerprint density at radius 3 is 2.52 bits per heavy atom. The van der Waals surface area contributed by atoms with Gasteiger partial charge in [-0.2, -0.15) is 17.6 Å². The molecule has 31 heavy (non-hydrogen) atoms. The molecule has 5 rings (SSSR count). The van der Waals surface area contributed by atoms with E-state index in [1.54, 1.807) is 30.6 Å². The zero-order valence-corrected chi connectivity index (χ0v) is 16.3. The Balaban J connectivity index is 1.57. The summed E-state index contributed by atoms with van der Waals surface area (Å²) in [7, 11) is 0. The lowest BCUT2D eigenvalue weighted by atomic mass is 10.0. The lowest BCUT2D eigenvalue weighted by molar-refractivity contribution is -0.137. The summed E-state index contributed by atoms with van der Waals surface area (Å²) in [6, 6.07) is 9.65. The second kappa shape index (κ2) is 6.69. The lowest BCUT2D eigenvalue weighted by Gasteiger charge is -2.33. The van der Waals surface area contributed by atoms with Gasteiger partial charge in [-0.3, -0.25) is 9.20 Å². The summed E-state index contributed by atoms with van der Waals surface area (Å²) in [5.41, 5.74) is 1.71. The summed E-state index contributed by atoms with van der Waals surface area (Å²) < 4.78 is 55.8. The number of hydrogen-bond acceptors (Lipinski definition) is 2. The second-order valence-corrected chi connectivity index (χ2v) is 7.52. The number of amides is 1. The summed E-state index contributed by atoms with van der Waals surface area (Å²) in [5.74, 6) is -0.847. The van der Waals surface area contributed by atoms with Gasteiger partial charge in [0.1, 0.15) is 11.3 Å². The first kappa shape index (κ1) is 19.3. The highest BCUT2D eigenvalue weighted by Gasteiger charge is 2.34. The molecule has 1 aromatic carbocycles. The minimum absolute atomic E-state index is 0.0996. The quantitative estimate of drug-likeness (QED) is 0.413. The maximum absolute atomic E-state index is 14.0. The number of halogens is 4. The molecule has 4 heterocycles. The van der Waals surface area contributed by atoms with Crippen LogP contribution in [0.3, 0.4) is 0 Å². The third kappa shape index (κ3) is 3.08. The van der Waals surface area contributed by atoms with E-state index in [9.17, 15) is 22.4 Å². The van der Waals surface area contributed by atoms with Crippen LogP contribution in [0.2, 0.25) is 0 Å². The first-order valence-electron chi connectivity index (χ1n) is 9.57. The SMILES string of the molecule is C[C@H]1CN(c2ccc(C(F)(F)F)cc2)C(=O)c2c(-c3ccc4ncc(F)n4c3)ccn21. The molecular weight excluding hydrogens is 412 g/mol. The standard InChI is InChI=1S/C22H16F4N4O/c1-13-11-29(16-5-3-15(4-6-16)22(24,25)26)21(31)20-17(8-9-28(13)20)14-2-7-19-27-10-18(23)30(19)12-14/h2-10,12-13H,11H2,1H3/t13-/m0/s1. The summed E-state index contributed by atoms with van der Waals surface area (Å²) in [4.78, 5) is 18.8. The van der Waals surface area contributed by atoms with Crippen molar-refractivity contribution in [3.63, 3.8) is 0 Å². The number of rotatable bonds is 2. The molecule has 3 aromatic heterocycles. The molecule has 0 saturated heterocycles. The molecule has 0 N–H and O–H groups in total. The van der Waals surface area contributed by atoms with Crippen molar-refractivity contribution in [2.24, 2.45) is 0 Å². The van der Waals surface area contributed by atoms with Crippen molar-refractivity contribution in [1.82, 2.24) is 14.0 Å². The number of pyridine rings is 1. The second-order valence-electron chi connectivity index (χ2n) is 7.52. The van der Waals surface area contributed by atoms with Crippen LogP contribution in [0.5, 0.6) is 0 Å². The highest BCUT2D eigenvalue weighted by molar-refractivity contribution is 6.10. The van der Waals surface area contributed by atoms with Crippen molar-refractivity contribution in [3.8, 4) is 11.1 Å². The summed E-state index contributed by atoms with van der Waals surface area (Å²) in [5, 5.41) is 0. The fraction of sp³-hybridized carbons (Fsp3) is 0.182. The van der Waals surface area contributed by atoms with Gasteiger partial charge >= 0.3 is 6.18 Å². The van der Waals surface area contributed by atoms with Crippen LogP contribution in [0.15, 0.2) is 61.1 Å². The van der Waals surface area contributed by atoms with Gasteiger partial charge in [0, 0.05) is 41.8 Å². The molecule has 0 radical (unpaired) electrons. The normalized spacial score (nSPS) is 16.7. The number of aromatic nitrogens is 3. The van der Waals surface area contributed by atoms with Gasteiger partial charge in [-0.1, -0.05) is 0 Å². The number of imidazole rings is 1. The molecule has 1 atom stereocenters. The van der Waals surface area contributed by atoms with Crippen LogP contribution in [0.1, 0.15) is 29.0 Å². The molecule has 9 heteroatoms.